The van der Waals surface area contributed by atoms with Crippen molar-refractivity contribution < 1.29 is 19.1 Å². The number of benzene rings is 2. The summed E-state index contributed by atoms with van der Waals surface area (Å²) in [6, 6.07) is 8.94. The standard InChI is InChI=1S/C29H28Cl3NO4/c1-3-33-21-6-4-8-23(34)27(21)26(28-22(33)7-5-9-24(28)35)17-13-20(32)29(25(14-17)36-2)37-15-16-10-11-18(30)19(31)12-16/h10-14,26H,3-9,15H2,1-2H3. The van der Waals surface area contributed by atoms with Crippen molar-refractivity contribution in [3.8, 4) is 11.5 Å². The normalized spacial score (nSPS) is 18.2. The van der Waals surface area contributed by atoms with Crippen LogP contribution in [0.4, 0.5) is 0 Å². The minimum absolute atomic E-state index is 0.102. The second-order valence-electron chi connectivity index (χ2n) is 9.52. The molecular weight excluding hydrogens is 533 g/mol. The lowest BCUT2D eigenvalue weighted by Crippen LogP contribution is -2.39. The molecule has 194 valence electrons. The van der Waals surface area contributed by atoms with Crippen LogP contribution in [-0.4, -0.2) is 30.1 Å². The van der Waals surface area contributed by atoms with Gasteiger partial charge in [-0.05, 0) is 68.0 Å². The first-order valence-corrected chi connectivity index (χ1v) is 13.7. The summed E-state index contributed by atoms with van der Waals surface area (Å²) < 4.78 is 11.7. The van der Waals surface area contributed by atoms with E-state index in [0.29, 0.717) is 39.4 Å². The van der Waals surface area contributed by atoms with Crippen LogP contribution in [0.25, 0.3) is 0 Å². The predicted octanol–water partition coefficient (Wildman–Crippen LogP) is 7.67. The number of halogens is 3. The average Bonchev–Trinajstić information content (AvgIpc) is 2.88. The van der Waals surface area contributed by atoms with E-state index in [2.05, 4.69) is 11.8 Å². The van der Waals surface area contributed by atoms with Gasteiger partial charge in [-0.15, -0.1) is 0 Å². The summed E-state index contributed by atoms with van der Waals surface area (Å²) in [5.74, 6) is 0.577. The Hall–Kier alpha value is -2.47. The fourth-order valence-electron chi connectivity index (χ4n) is 5.76. The molecule has 0 amide bonds. The number of hydrogen-bond donors (Lipinski definition) is 0. The fourth-order valence-corrected chi connectivity index (χ4v) is 6.36. The average molecular weight is 561 g/mol. The molecule has 0 aromatic heterocycles. The largest absolute Gasteiger partial charge is 0.493 e. The summed E-state index contributed by atoms with van der Waals surface area (Å²) in [5.41, 5.74) is 5.15. The molecule has 37 heavy (non-hydrogen) atoms. The maximum Gasteiger partial charge on any atom is 0.180 e. The van der Waals surface area contributed by atoms with Crippen molar-refractivity contribution in [1.82, 2.24) is 4.90 Å². The molecule has 0 atom stereocenters. The maximum absolute atomic E-state index is 13.3. The second-order valence-corrected chi connectivity index (χ2v) is 10.7. The van der Waals surface area contributed by atoms with Crippen molar-refractivity contribution >= 4 is 46.4 Å². The number of carbonyl (C=O) groups excluding carboxylic acids is 2. The molecule has 5 rings (SSSR count). The lowest BCUT2D eigenvalue weighted by molar-refractivity contribution is -0.117. The maximum atomic E-state index is 13.3. The molecule has 0 N–H and O–H groups in total. The van der Waals surface area contributed by atoms with Crippen LogP contribution >= 0.6 is 34.8 Å². The summed E-state index contributed by atoms with van der Waals surface area (Å²) >= 11 is 18.9. The Morgan fingerprint density at radius 1 is 0.865 bits per heavy atom. The Kier molecular flexibility index (Phi) is 7.58. The number of methoxy groups -OCH3 is 1. The van der Waals surface area contributed by atoms with Crippen molar-refractivity contribution in [2.24, 2.45) is 0 Å². The Morgan fingerprint density at radius 2 is 1.51 bits per heavy atom. The van der Waals surface area contributed by atoms with Crippen LogP contribution < -0.4 is 9.47 Å². The number of carbonyl (C=O) groups is 2. The zero-order chi connectivity index (χ0) is 26.3. The third-order valence-corrected chi connectivity index (χ3v) is 8.37. The van der Waals surface area contributed by atoms with Crippen LogP contribution in [0.15, 0.2) is 52.9 Å². The molecule has 0 radical (unpaired) electrons. The SMILES string of the molecule is CCN1C2=C(C(=O)CCC2)C(c2cc(Cl)c(OCc3ccc(Cl)c(Cl)c3)c(OC)c2)C2=C1CCCC2=O. The first kappa shape index (κ1) is 26.1. The second kappa shape index (κ2) is 10.7. The van der Waals surface area contributed by atoms with E-state index in [9.17, 15) is 9.59 Å². The highest BCUT2D eigenvalue weighted by Gasteiger charge is 2.43. The van der Waals surface area contributed by atoms with Crippen LogP contribution in [0.1, 0.15) is 62.5 Å². The number of Topliss-reactive ketones (excluding diaryl/α,β-unsaturated/α-hetero) is 2. The van der Waals surface area contributed by atoms with Crippen LogP contribution in [0.3, 0.4) is 0 Å². The minimum Gasteiger partial charge on any atom is -0.493 e. The Labute approximate surface area is 232 Å². The number of ketones is 2. The van der Waals surface area contributed by atoms with Crippen molar-refractivity contribution in [2.75, 3.05) is 13.7 Å². The summed E-state index contributed by atoms with van der Waals surface area (Å²) in [4.78, 5) is 28.9. The number of allylic oxidation sites excluding steroid dienone is 4. The molecule has 5 nitrogen and oxygen atoms in total. The summed E-state index contributed by atoms with van der Waals surface area (Å²) in [7, 11) is 1.55. The quantitative estimate of drug-likeness (QED) is 0.363. The van der Waals surface area contributed by atoms with Gasteiger partial charge in [0, 0.05) is 47.8 Å². The van der Waals surface area contributed by atoms with Crippen LogP contribution in [0.5, 0.6) is 11.5 Å². The number of hydrogen-bond acceptors (Lipinski definition) is 5. The van der Waals surface area contributed by atoms with Gasteiger partial charge in [0.1, 0.15) is 6.61 Å². The van der Waals surface area contributed by atoms with Gasteiger partial charge in [-0.25, -0.2) is 0 Å². The van der Waals surface area contributed by atoms with Gasteiger partial charge in [0.25, 0.3) is 0 Å². The Morgan fingerprint density at radius 3 is 2.08 bits per heavy atom. The van der Waals surface area contributed by atoms with Gasteiger partial charge >= 0.3 is 0 Å². The van der Waals surface area contributed by atoms with E-state index in [1.165, 1.54) is 0 Å². The van der Waals surface area contributed by atoms with Gasteiger partial charge in [-0.1, -0.05) is 40.9 Å². The molecule has 2 aromatic rings. The van der Waals surface area contributed by atoms with Crippen molar-refractivity contribution in [3.63, 3.8) is 0 Å². The highest BCUT2D eigenvalue weighted by molar-refractivity contribution is 6.42. The van der Waals surface area contributed by atoms with E-state index < -0.39 is 5.92 Å². The van der Waals surface area contributed by atoms with E-state index >= 15 is 0 Å². The van der Waals surface area contributed by atoms with Crippen LogP contribution in [0.2, 0.25) is 15.1 Å². The molecule has 0 saturated heterocycles. The zero-order valence-electron chi connectivity index (χ0n) is 20.8. The molecule has 3 aliphatic rings. The number of nitrogens with zero attached hydrogens (tertiary/aromatic N) is 1. The first-order chi connectivity index (χ1) is 17.8. The van der Waals surface area contributed by atoms with Gasteiger partial charge in [-0.3, -0.25) is 9.59 Å². The minimum atomic E-state index is -0.455. The fraction of sp³-hybridized carbons (Fsp3) is 0.379. The van der Waals surface area contributed by atoms with Crippen molar-refractivity contribution in [2.45, 2.75) is 58.0 Å². The molecule has 0 unspecified atom stereocenters. The van der Waals surface area contributed by atoms with E-state index in [1.54, 1.807) is 25.3 Å². The summed E-state index contributed by atoms with van der Waals surface area (Å²) in [6.45, 7) is 3.02. The Balaban J connectivity index is 1.58. The third-order valence-electron chi connectivity index (χ3n) is 7.35. The van der Waals surface area contributed by atoms with Gasteiger partial charge in [-0.2, -0.15) is 0 Å². The molecule has 1 aliphatic heterocycles. The molecule has 2 aromatic carbocycles. The highest BCUT2D eigenvalue weighted by Crippen LogP contribution is 2.51. The van der Waals surface area contributed by atoms with Crippen LogP contribution in [-0.2, 0) is 16.2 Å². The monoisotopic (exact) mass is 559 g/mol. The van der Waals surface area contributed by atoms with E-state index in [4.69, 9.17) is 44.3 Å². The smallest absolute Gasteiger partial charge is 0.180 e. The first-order valence-electron chi connectivity index (χ1n) is 12.6. The van der Waals surface area contributed by atoms with Crippen molar-refractivity contribution in [1.29, 1.82) is 0 Å². The number of rotatable bonds is 6. The van der Waals surface area contributed by atoms with Gasteiger partial charge in [0.05, 0.1) is 22.2 Å². The van der Waals surface area contributed by atoms with E-state index in [-0.39, 0.29) is 18.2 Å². The molecule has 0 spiro atoms. The molecule has 1 heterocycles. The van der Waals surface area contributed by atoms with E-state index in [1.807, 2.05) is 12.1 Å². The van der Waals surface area contributed by atoms with Crippen LogP contribution in [0, 0.1) is 0 Å². The van der Waals surface area contributed by atoms with Gasteiger partial charge in [0.15, 0.2) is 23.1 Å². The zero-order valence-corrected chi connectivity index (χ0v) is 23.1. The van der Waals surface area contributed by atoms with Gasteiger partial charge < -0.3 is 14.4 Å². The lowest BCUT2D eigenvalue weighted by Gasteiger charge is -2.43. The molecule has 8 heteroatoms. The van der Waals surface area contributed by atoms with E-state index in [0.717, 1.165) is 65.9 Å². The summed E-state index contributed by atoms with van der Waals surface area (Å²) in [6.07, 6.45) is 4.27. The molecule has 2 aliphatic carbocycles. The Bertz CT molecular complexity index is 1300. The molecular formula is C29H28Cl3NO4. The molecule has 0 saturated carbocycles. The number of ether oxygens (including phenoxy) is 2. The third kappa shape index (κ3) is 4.78. The molecule has 0 fully saturated rings. The summed E-state index contributed by atoms with van der Waals surface area (Å²) in [5, 5.41) is 1.26. The van der Waals surface area contributed by atoms with Gasteiger partial charge in [0.2, 0.25) is 0 Å². The highest BCUT2D eigenvalue weighted by atomic mass is 35.5. The topological polar surface area (TPSA) is 55.8 Å². The predicted molar refractivity (Wildman–Crippen MR) is 146 cm³/mol. The lowest BCUT2D eigenvalue weighted by atomic mass is 9.71. The molecule has 0 bridgehead atoms. The van der Waals surface area contributed by atoms with Crippen molar-refractivity contribution in [3.05, 3.63) is 79.1 Å².